The monoisotopic (exact) mass is 293 g/mol. The molecule has 0 spiro atoms. The molecule has 0 aliphatic rings. The van der Waals surface area contributed by atoms with Gasteiger partial charge in [-0.05, 0) is 35.4 Å². The SMILES string of the molecule is O=c1[nH]c2ccc(C(Cl)c3ccc(Cl)cc3)cc2o1. The molecule has 1 heterocycles. The molecule has 0 fully saturated rings. The van der Waals surface area contributed by atoms with E-state index >= 15 is 0 Å². The van der Waals surface area contributed by atoms with Crippen molar-refractivity contribution in [2.24, 2.45) is 0 Å². The molecule has 1 N–H and O–H groups in total. The second kappa shape index (κ2) is 4.76. The minimum atomic E-state index is -0.468. The van der Waals surface area contributed by atoms with Crippen molar-refractivity contribution >= 4 is 34.3 Å². The highest BCUT2D eigenvalue weighted by atomic mass is 35.5. The van der Waals surface area contributed by atoms with E-state index in [0.717, 1.165) is 11.1 Å². The second-order valence-electron chi connectivity index (χ2n) is 4.18. The highest BCUT2D eigenvalue weighted by molar-refractivity contribution is 6.30. The van der Waals surface area contributed by atoms with E-state index in [9.17, 15) is 4.79 Å². The number of hydrogen-bond acceptors (Lipinski definition) is 2. The van der Waals surface area contributed by atoms with E-state index in [1.807, 2.05) is 18.2 Å². The van der Waals surface area contributed by atoms with Gasteiger partial charge in [-0.3, -0.25) is 4.98 Å². The Balaban J connectivity index is 2.03. The van der Waals surface area contributed by atoms with Crippen LogP contribution in [0.2, 0.25) is 5.02 Å². The molecule has 2 aromatic carbocycles. The van der Waals surface area contributed by atoms with Crippen LogP contribution in [0.1, 0.15) is 16.5 Å². The first-order valence-electron chi connectivity index (χ1n) is 5.66. The third-order valence-corrected chi connectivity index (χ3v) is 3.66. The first-order chi connectivity index (χ1) is 9.13. The number of alkyl halides is 1. The highest BCUT2D eigenvalue weighted by Gasteiger charge is 2.12. The molecule has 0 amide bonds. The Morgan fingerprint density at radius 2 is 1.74 bits per heavy atom. The number of aromatic amines is 1. The van der Waals surface area contributed by atoms with Crippen molar-refractivity contribution in [3.63, 3.8) is 0 Å². The van der Waals surface area contributed by atoms with Gasteiger partial charge in [0.05, 0.1) is 10.9 Å². The normalized spacial score (nSPS) is 12.7. The van der Waals surface area contributed by atoms with Crippen molar-refractivity contribution in [1.29, 1.82) is 0 Å². The lowest BCUT2D eigenvalue weighted by Gasteiger charge is -2.10. The summed E-state index contributed by atoms with van der Waals surface area (Å²) in [6.45, 7) is 0. The molecule has 1 atom stereocenters. The van der Waals surface area contributed by atoms with E-state index in [1.54, 1.807) is 24.3 Å². The molecule has 0 aliphatic carbocycles. The second-order valence-corrected chi connectivity index (χ2v) is 5.06. The van der Waals surface area contributed by atoms with E-state index in [1.165, 1.54) is 0 Å². The van der Waals surface area contributed by atoms with Crippen LogP contribution in [-0.4, -0.2) is 4.98 Å². The average molecular weight is 294 g/mol. The molecular formula is C14H9Cl2NO2. The minimum absolute atomic E-state index is 0.318. The summed E-state index contributed by atoms with van der Waals surface area (Å²) in [5.74, 6) is -0.468. The minimum Gasteiger partial charge on any atom is -0.408 e. The quantitative estimate of drug-likeness (QED) is 0.723. The maximum absolute atomic E-state index is 11.1. The summed E-state index contributed by atoms with van der Waals surface area (Å²) in [4.78, 5) is 13.7. The fourth-order valence-corrected chi connectivity index (χ4v) is 2.35. The molecule has 0 radical (unpaired) electrons. The Kier molecular flexibility index (Phi) is 3.09. The zero-order valence-electron chi connectivity index (χ0n) is 9.69. The van der Waals surface area contributed by atoms with Crippen LogP contribution in [0.15, 0.2) is 51.7 Å². The molecule has 1 aromatic heterocycles. The van der Waals surface area contributed by atoms with E-state index < -0.39 is 5.76 Å². The van der Waals surface area contributed by atoms with E-state index in [2.05, 4.69) is 4.98 Å². The highest BCUT2D eigenvalue weighted by Crippen LogP contribution is 2.30. The molecule has 96 valence electrons. The summed E-state index contributed by atoms with van der Waals surface area (Å²) in [5.41, 5.74) is 2.96. The van der Waals surface area contributed by atoms with Crippen LogP contribution in [0, 0.1) is 0 Å². The van der Waals surface area contributed by atoms with E-state index in [-0.39, 0.29) is 5.38 Å². The maximum Gasteiger partial charge on any atom is 0.417 e. The topological polar surface area (TPSA) is 46.0 Å². The number of oxazole rings is 1. The third-order valence-electron chi connectivity index (χ3n) is 2.90. The number of nitrogens with one attached hydrogen (secondary N) is 1. The van der Waals surface area contributed by atoms with Crippen LogP contribution in [0.4, 0.5) is 0 Å². The van der Waals surface area contributed by atoms with Crippen LogP contribution in [0.5, 0.6) is 0 Å². The van der Waals surface area contributed by atoms with Crippen molar-refractivity contribution in [1.82, 2.24) is 4.98 Å². The summed E-state index contributed by atoms with van der Waals surface area (Å²) in [6, 6.07) is 12.7. The van der Waals surface area contributed by atoms with Gasteiger partial charge < -0.3 is 4.42 Å². The lowest BCUT2D eigenvalue weighted by molar-refractivity contribution is 0.555. The Bertz CT molecular complexity index is 774. The Morgan fingerprint density at radius 1 is 1.05 bits per heavy atom. The molecular weight excluding hydrogens is 285 g/mol. The molecule has 0 saturated heterocycles. The largest absolute Gasteiger partial charge is 0.417 e. The van der Waals surface area contributed by atoms with E-state index in [0.29, 0.717) is 16.1 Å². The van der Waals surface area contributed by atoms with Gasteiger partial charge in [0.2, 0.25) is 0 Å². The number of aromatic nitrogens is 1. The third kappa shape index (κ3) is 2.39. The smallest absolute Gasteiger partial charge is 0.408 e. The van der Waals surface area contributed by atoms with E-state index in [4.69, 9.17) is 27.6 Å². The number of halogens is 2. The van der Waals surface area contributed by atoms with Gasteiger partial charge in [-0.15, -0.1) is 11.6 Å². The standard InChI is InChI=1S/C14H9Cl2NO2/c15-10-4-1-8(2-5-10)13(16)9-3-6-11-12(7-9)19-14(18)17-11/h1-7,13H,(H,17,18). The summed E-state index contributed by atoms with van der Waals surface area (Å²) in [7, 11) is 0. The lowest BCUT2D eigenvalue weighted by atomic mass is 10.0. The van der Waals surface area contributed by atoms with Gasteiger partial charge in [0.25, 0.3) is 0 Å². The Hall–Kier alpha value is -1.71. The van der Waals surface area contributed by atoms with Crippen molar-refractivity contribution in [3.8, 4) is 0 Å². The summed E-state index contributed by atoms with van der Waals surface area (Å²) in [6.07, 6.45) is 0. The lowest BCUT2D eigenvalue weighted by Crippen LogP contribution is -1.93. The van der Waals surface area contributed by atoms with Crippen molar-refractivity contribution < 1.29 is 4.42 Å². The predicted octanol–water partition coefficient (Wildman–Crippen LogP) is 4.10. The van der Waals surface area contributed by atoms with Crippen LogP contribution in [0.25, 0.3) is 11.1 Å². The van der Waals surface area contributed by atoms with Gasteiger partial charge in [-0.2, -0.15) is 0 Å². The Labute approximate surface area is 118 Å². The molecule has 3 nitrogen and oxygen atoms in total. The molecule has 3 aromatic rings. The molecule has 19 heavy (non-hydrogen) atoms. The zero-order valence-corrected chi connectivity index (χ0v) is 11.2. The zero-order chi connectivity index (χ0) is 13.4. The van der Waals surface area contributed by atoms with Crippen LogP contribution in [0.3, 0.4) is 0 Å². The molecule has 0 saturated carbocycles. The summed E-state index contributed by atoms with van der Waals surface area (Å²) < 4.78 is 5.02. The van der Waals surface area contributed by atoms with Gasteiger partial charge in [0.1, 0.15) is 0 Å². The molecule has 0 bridgehead atoms. The van der Waals surface area contributed by atoms with Gasteiger partial charge >= 0.3 is 5.76 Å². The number of rotatable bonds is 2. The average Bonchev–Trinajstić information content (AvgIpc) is 2.77. The van der Waals surface area contributed by atoms with Crippen LogP contribution >= 0.6 is 23.2 Å². The molecule has 3 rings (SSSR count). The number of benzene rings is 2. The molecule has 0 aliphatic heterocycles. The van der Waals surface area contributed by atoms with Gasteiger partial charge in [-0.1, -0.05) is 29.8 Å². The fraction of sp³-hybridized carbons (Fsp3) is 0.0714. The number of H-pyrrole nitrogens is 1. The van der Waals surface area contributed by atoms with Gasteiger partial charge in [0.15, 0.2) is 5.58 Å². The van der Waals surface area contributed by atoms with Crippen molar-refractivity contribution in [2.75, 3.05) is 0 Å². The molecule has 1 unspecified atom stereocenters. The maximum atomic E-state index is 11.1. The Morgan fingerprint density at radius 3 is 2.47 bits per heavy atom. The summed E-state index contributed by atoms with van der Waals surface area (Å²) >= 11 is 12.3. The van der Waals surface area contributed by atoms with Crippen molar-refractivity contribution in [2.45, 2.75) is 5.38 Å². The van der Waals surface area contributed by atoms with Crippen LogP contribution in [-0.2, 0) is 0 Å². The number of hydrogen-bond donors (Lipinski definition) is 1. The first-order valence-corrected chi connectivity index (χ1v) is 6.47. The first kappa shape index (κ1) is 12.3. The fourth-order valence-electron chi connectivity index (χ4n) is 1.94. The van der Waals surface area contributed by atoms with Gasteiger partial charge in [-0.25, -0.2) is 4.79 Å². The van der Waals surface area contributed by atoms with Gasteiger partial charge in [0, 0.05) is 5.02 Å². The number of fused-ring (bicyclic) bond motifs is 1. The predicted molar refractivity (Wildman–Crippen MR) is 76.0 cm³/mol. The molecule has 5 heteroatoms. The van der Waals surface area contributed by atoms with Crippen molar-refractivity contribution in [3.05, 3.63) is 69.2 Å². The summed E-state index contributed by atoms with van der Waals surface area (Å²) in [5, 5.41) is 0.349. The van der Waals surface area contributed by atoms with Crippen LogP contribution < -0.4 is 5.76 Å².